The number of primary sulfonamides is 1. The molecule has 780 valence electrons. The van der Waals surface area contributed by atoms with Crippen LogP contribution in [0.2, 0.25) is 10.0 Å². The van der Waals surface area contributed by atoms with Crippen molar-refractivity contribution in [1.29, 1.82) is 0 Å². The molecule has 0 spiro atoms. The number of pyridine rings is 3. The van der Waals surface area contributed by atoms with Crippen molar-refractivity contribution in [3.05, 3.63) is 253 Å². The monoisotopic (exact) mass is 2090 g/mol. The van der Waals surface area contributed by atoms with Crippen molar-refractivity contribution in [3.8, 4) is 23.3 Å². The number of nitro benzene ring substituents is 1. The number of allylic oxidation sites excluding steroid dienone is 2. The first-order chi connectivity index (χ1) is 68.1. The number of hydrogen-bond acceptors (Lipinski definition) is 27. The summed E-state index contributed by atoms with van der Waals surface area (Å²) in [6, 6.07) is 48.7. The lowest BCUT2D eigenvalue weighted by molar-refractivity contribution is -0.384. The van der Waals surface area contributed by atoms with Crippen LogP contribution in [-0.2, 0) is 29.5 Å². The van der Waals surface area contributed by atoms with E-state index in [4.69, 9.17) is 47.3 Å². The number of rotatable bonds is 31. The summed E-state index contributed by atoms with van der Waals surface area (Å²) in [5.41, 5.74) is 14.3. The van der Waals surface area contributed by atoms with Gasteiger partial charge in [0.25, 0.3) is 27.3 Å². The second-order valence-electron chi connectivity index (χ2n) is 38.2. The summed E-state index contributed by atoms with van der Waals surface area (Å²) < 4.78 is 75.0. The Bertz CT molecular complexity index is 6540. The molecule has 17 rings (SSSR count). The molecule has 11 aromatic rings. The number of fused-ring (bicyclic) bond motifs is 2. The van der Waals surface area contributed by atoms with Gasteiger partial charge in [0.2, 0.25) is 21.8 Å². The van der Waals surface area contributed by atoms with Gasteiger partial charge in [0, 0.05) is 236 Å². The van der Waals surface area contributed by atoms with Crippen LogP contribution >= 0.6 is 35.6 Å². The number of sulfonamides is 2. The van der Waals surface area contributed by atoms with Gasteiger partial charge in [-0.2, -0.15) is 0 Å². The third kappa shape index (κ3) is 33.6. The fourth-order valence-electron chi connectivity index (χ4n) is 17.8. The molecule has 145 heavy (non-hydrogen) atoms. The maximum atomic E-state index is 13.9. The molecule has 4 aliphatic heterocycles. The molecule has 0 bridgehead atoms. The Labute approximate surface area is 864 Å². The summed E-state index contributed by atoms with van der Waals surface area (Å²) in [5, 5.41) is 37.3. The number of ether oxygens (including phenoxy) is 4. The van der Waals surface area contributed by atoms with Gasteiger partial charge in [-0.25, -0.2) is 51.4 Å². The van der Waals surface area contributed by atoms with E-state index in [2.05, 4.69) is 147 Å². The van der Waals surface area contributed by atoms with E-state index in [0.29, 0.717) is 79.8 Å². The van der Waals surface area contributed by atoms with Crippen molar-refractivity contribution >= 4 is 146 Å². The van der Waals surface area contributed by atoms with Gasteiger partial charge in [0.05, 0.1) is 56.3 Å². The molecule has 6 aromatic carbocycles. The topological polar surface area (TPSA) is 440 Å². The lowest BCUT2D eigenvalue weighted by Crippen LogP contribution is -2.56. The zero-order chi connectivity index (χ0) is 101. The third-order valence-corrected chi connectivity index (χ3v) is 28.8. The molecule has 0 saturated carbocycles. The first kappa shape index (κ1) is 115. The Balaban J connectivity index is 0.000000236. The van der Waals surface area contributed by atoms with Crippen LogP contribution in [0.3, 0.4) is 0 Å². The second kappa shape index (κ2) is 54.2. The van der Waals surface area contributed by atoms with Crippen LogP contribution in [-0.4, -0.2) is 243 Å². The van der Waals surface area contributed by atoms with Crippen molar-refractivity contribution < 1.29 is 72.2 Å². The van der Waals surface area contributed by atoms with Gasteiger partial charge >= 0.3 is 5.97 Å². The minimum Gasteiger partial charge on any atom is -0.870 e. The number of carboxylic acids is 1. The number of carbonyl (C=O) groups excluding carboxylic acids is 1. The molecule has 40 heteroatoms. The maximum Gasteiger partial charge on any atom is 0.339 e. The van der Waals surface area contributed by atoms with Gasteiger partial charge in [-0.3, -0.25) is 34.4 Å². The number of hydrogen-bond donors (Lipinski definition) is 8. The number of benzene rings is 6. The largest absolute Gasteiger partial charge is 0.870 e. The highest BCUT2D eigenvalue weighted by molar-refractivity contribution is 7.90. The Hall–Kier alpha value is -12.3. The van der Waals surface area contributed by atoms with Crippen LogP contribution in [0.15, 0.2) is 226 Å². The van der Waals surface area contributed by atoms with Crippen molar-refractivity contribution in [2.75, 3.05) is 178 Å². The first-order valence-corrected chi connectivity index (χ1v) is 51.9. The van der Waals surface area contributed by atoms with E-state index in [1.165, 1.54) is 75.9 Å². The summed E-state index contributed by atoms with van der Waals surface area (Å²) in [7, 11) is -0.229. The van der Waals surface area contributed by atoms with E-state index in [1.54, 1.807) is 55.2 Å². The zero-order valence-electron chi connectivity index (χ0n) is 83.4. The standard InChI is InChI=1S/C45H50ClN7O6S.C33H35ClN4O3.C12H17N3O5S.C8H17N3.C7H10N2.ClH.FH.H2O.H2/c1-45(2)15-11-33(38(26-45)31-3-5-34(46)6-4-31)29-52-17-19-53(20-18-52)35-7-9-37(42(24-35)59-43-23-32-12-16-47-41(32)28-49-43)44(54)51-60(56,57)36-8-10-39(40(25-36)50-55)48-27-30-13-21-58-22-14-30;1-33(2)11-9-24(28(19-33)22-3-5-25(34)6-4-22)21-37-13-15-38(16-14-37)26-7-8-27(32(39)40)30(18-26)41-31-17-23-10-12-35-29(23)20-36-31;13-21(18,19)10-1-2-11(12(7-10)15(16)17)14-8-9-3-5-20-6-4-9;1-4-9-8-10-6-5-7-11(2)3;1-9(2)7-3-5-8-6-4-7;;;;/h3-10,12,16,23-25,28,30,47-48H,11,13-15,17-22,26-27,29H2,1-2H3,(H,51,54);3-8,10,12,17-18,20,35H,9,11,13-16,19,21H2,1-2H3,(H,39,40);1-2,7,9,14H,3-6,8H2,(H2,13,18,19);4-7H2,1-3H3;3-6H,1-2H3;2*1H;1H2;1H. The number of aromatic nitrogens is 5. The number of nitrogens with one attached hydrogen (secondary N) is 6. The van der Waals surface area contributed by atoms with Crippen molar-refractivity contribution in [3.63, 3.8) is 0 Å². The number of amides is 1. The Kier molecular flexibility index (Phi) is 42.8. The molecule has 0 unspecified atom stereocenters. The van der Waals surface area contributed by atoms with E-state index in [-0.39, 0.29) is 73.4 Å². The molecule has 10 N–H and O–H groups in total. The lowest BCUT2D eigenvalue weighted by atomic mass is 9.72. The highest BCUT2D eigenvalue weighted by Gasteiger charge is 2.34. The number of nitrogens with zero attached hydrogens (tertiary/aromatic N) is 12. The van der Waals surface area contributed by atoms with E-state index in [1.807, 2.05) is 110 Å². The van der Waals surface area contributed by atoms with Gasteiger partial charge in [0.1, 0.15) is 28.4 Å². The Morgan fingerprint density at radius 2 is 1.11 bits per heavy atom. The quantitative estimate of drug-likeness (QED) is 0.00865. The third-order valence-electron chi connectivity index (χ3n) is 26.1. The molecule has 5 aromatic heterocycles. The molecule has 34 nitrogen and oxygen atoms in total. The molecule has 1 amide bonds. The molecule has 4 saturated heterocycles. The molecule has 0 radical (unpaired) electrons. The normalized spacial score (nSPS) is 16.0. The number of piperazine rings is 2. The van der Waals surface area contributed by atoms with E-state index in [9.17, 15) is 46.6 Å². The summed E-state index contributed by atoms with van der Waals surface area (Å²) in [5.74, 6) is -0.0953. The van der Waals surface area contributed by atoms with Crippen molar-refractivity contribution in [2.45, 2.75) is 115 Å². The van der Waals surface area contributed by atoms with Gasteiger partial charge in [-0.15, -0.1) is 12.4 Å². The van der Waals surface area contributed by atoms with Crippen LogP contribution in [0.4, 0.5) is 44.5 Å². The number of aromatic amines is 2. The van der Waals surface area contributed by atoms with E-state index < -0.39 is 36.8 Å². The Morgan fingerprint density at radius 1 is 0.641 bits per heavy atom. The average Bonchev–Trinajstić information content (AvgIpc) is 0.815. The summed E-state index contributed by atoms with van der Waals surface area (Å²) in [4.78, 5) is 88.2. The first-order valence-electron chi connectivity index (χ1n) is 48.1. The highest BCUT2D eigenvalue weighted by Crippen LogP contribution is 2.46. The fourth-order valence-corrected chi connectivity index (χ4v) is 19.6. The number of aliphatic imine (C=N–C) groups is 2. The predicted octanol–water partition coefficient (Wildman–Crippen LogP) is 18.7. The predicted molar refractivity (Wildman–Crippen MR) is 576 cm³/mol. The highest BCUT2D eigenvalue weighted by atomic mass is 35.5. The van der Waals surface area contributed by atoms with Gasteiger partial charge in [-0.05, 0) is 240 Å². The molecular formula is C105H135Cl3FN19O15S2. The van der Waals surface area contributed by atoms with Crippen molar-refractivity contribution in [1.82, 2.24) is 44.3 Å². The van der Waals surface area contributed by atoms with Gasteiger partial charge in [0.15, 0.2) is 0 Å². The number of anilines is 5. The average molecular weight is 2090 g/mol. The summed E-state index contributed by atoms with van der Waals surface area (Å²) >= 11 is 12.4. The minimum absolute atomic E-state index is 0. The number of carboxylic acid groups (broad SMARTS) is 1. The maximum absolute atomic E-state index is 13.9. The van der Waals surface area contributed by atoms with Crippen LogP contribution in [0, 0.1) is 37.7 Å². The Morgan fingerprint density at radius 3 is 1.56 bits per heavy atom. The molecule has 2 aliphatic carbocycles. The molecular weight excluding hydrogens is 1960 g/mol. The second-order valence-corrected chi connectivity index (χ2v) is 42.4. The number of aromatic carboxylic acids is 1. The van der Waals surface area contributed by atoms with Crippen LogP contribution in [0.25, 0.3) is 33.0 Å². The number of nitrogens with two attached hydrogens (primary N) is 1. The van der Waals surface area contributed by atoms with Crippen LogP contribution in [0.5, 0.6) is 23.3 Å². The number of nitroso groups, excluding NO2 is 1. The van der Waals surface area contributed by atoms with E-state index >= 15 is 0 Å². The van der Waals surface area contributed by atoms with Gasteiger partial charge < -0.3 is 69.7 Å². The van der Waals surface area contributed by atoms with E-state index in [0.717, 1.165) is 199 Å². The minimum atomic E-state index is -4.41. The zero-order valence-corrected chi connectivity index (χ0v) is 87.3. The fraction of sp³-hybridized carbons (Fsp3) is 0.410. The summed E-state index contributed by atoms with van der Waals surface area (Å²) in [6.45, 7) is 26.7. The molecule has 6 aliphatic rings. The SMILES string of the molecule is CC1(C)CCC(CN2CCN(c3ccc(C(=O)NS(=O)(=O)c4ccc(NCC5CCOCC5)c([NH+]=O)c4)c(Oc4cc5cc[nH]c5cn4)c3)CC2)=C(c2ccc(Cl)cc2)C1.CC1(C)CCC(CN2CCN(c3ccc(C(=O)O)c(Oc4cc5cc[nH]c5cn4)c3)CC2)=C(c2ccc(Cl)cc2)C1.CCN=C=NCCCN(C)C.CN(C)c1ccncc1.Cl.F.NS(=O)(=O)c1ccc(NCC2CCOCC2)c([N+](=O)[O-])c1.[HH].[OH-]. The van der Waals surface area contributed by atoms with Crippen LogP contribution < -0.4 is 49.8 Å². The molecule has 4 fully saturated rings. The number of halogens is 4. The lowest BCUT2D eigenvalue weighted by Gasteiger charge is -2.39. The summed E-state index contributed by atoms with van der Waals surface area (Å²) in [6.07, 6.45) is 21.8. The van der Waals surface area contributed by atoms with Gasteiger partial charge in [-0.1, -0.05) is 86.3 Å². The molecule has 9 heterocycles. The number of nitro groups is 1. The van der Waals surface area contributed by atoms with Crippen LogP contribution in [0.1, 0.15) is 139 Å². The van der Waals surface area contributed by atoms with Crippen molar-refractivity contribution in [2.24, 2.45) is 37.8 Å². The smallest absolute Gasteiger partial charge is 0.339 e. The number of carbonyl (C=O) groups is 2. The molecule has 0 atom stereocenters. The number of H-pyrrole nitrogens is 2.